The first-order valence-electron chi connectivity index (χ1n) is 11.0. The Morgan fingerprint density at radius 2 is 1.93 bits per heavy atom. The van der Waals surface area contributed by atoms with Crippen LogP contribution < -0.4 is 10.1 Å². The molecular formula is C21H16FN8O8PS. The number of hydrogen-bond donors (Lipinski definition) is 3. The average molecular weight is 590 g/mol. The lowest BCUT2D eigenvalue weighted by molar-refractivity contribution is -0.380. The van der Waals surface area contributed by atoms with E-state index < -0.39 is 31.1 Å². The van der Waals surface area contributed by atoms with Gasteiger partial charge in [0.2, 0.25) is 5.88 Å². The molecule has 0 radical (unpaired) electrons. The molecule has 0 atom stereocenters. The van der Waals surface area contributed by atoms with Gasteiger partial charge in [0.25, 0.3) is 11.9 Å². The predicted octanol–water partition coefficient (Wildman–Crippen LogP) is 2.85. The van der Waals surface area contributed by atoms with Crippen LogP contribution in [0.1, 0.15) is 9.67 Å². The van der Waals surface area contributed by atoms with Crippen LogP contribution in [0.25, 0.3) is 22.7 Å². The van der Waals surface area contributed by atoms with Crippen LogP contribution in [-0.2, 0) is 9.09 Å². The second-order valence-electron chi connectivity index (χ2n) is 7.76. The molecule has 5 aromatic rings. The predicted molar refractivity (Wildman–Crippen MR) is 136 cm³/mol. The van der Waals surface area contributed by atoms with Gasteiger partial charge in [-0.2, -0.15) is 15.1 Å². The van der Waals surface area contributed by atoms with E-state index >= 15 is 0 Å². The van der Waals surface area contributed by atoms with E-state index in [0.29, 0.717) is 22.4 Å². The molecule has 0 saturated heterocycles. The van der Waals surface area contributed by atoms with Crippen molar-refractivity contribution in [3.05, 3.63) is 75.7 Å². The fourth-order valence-corrected chi connectivity index (χ4v) is 4.41. The molecule has 206 valence electrons. The summed E-state index contributed by atoms with van der Waals surface area (Å²) < 4.78 is 36.5. The lowest BCUT2D eigenvalue weighted by Gasteiger charge is -2.09. The molecule has 16 nitrogen and oxygen atoms in total. The molecule has 4 heterocycles. The van der Waals surface area contributed by atoms with Gasteiger partial charge in [-0.1, -0.05) is 11.3 Å². The number of anilines is 1. The van der Waals surface area contributed by atoms with Gasteiger partial charge >= 0.3 is 12.8 Å². The van der Waals surface area contributed by atoms with Crippen molar-refractivity contribution in [2.75, 3.05) is 18.5 Å². The van der Waals surface area contributed by atoms with E-state index in [-0.39, 0.29) is 39.8 Å². The molecule has 0 aliphatic rings. The van der Waals surface area contributed by atoms with Crippen LogP contribution in [0.5, 0.6) is 5.88 Å². The largest absolute Gasteiger partial charge is 0.474 e. The Morgan fingerprint density at radius 3 is 2.62 bits per heavy atom. The number of amides is 1. The van der Waals surface area contributed by atoms with Crippen molar-refractivity contribution < 1.29 is 37.7 Å². The highest BCUT2D eigenvalue weighted by molar-refractivity contribution is 7.46. The monoisotopic (exact) mass is 590 g/mol. The molecule has 0 spiro atoms. The van der Waals surface area contributed by atoms with E-state index in [0.717, 1.165) is 0 Å². The van der Waals surface area contributed by atoms with Crippen LogP contribution in [0.15, 0.2) is 54.9 Å². The van der Waals surface area contributed by atoms with Crippen molar-refractivity contribution in [2.45, 2.75) is 0 Å². The first-order chi connectivity index (χ1) is 19.1. The minimum absolute atomic E-state index is 0.0161. The van der Waals surface area contributed by atoms with Crippen molar-refractivity contribution in [3.8, 4) is 17.5 Å². The molecule has 0 saturated carbocycles. The second kappa shape index (κ2) is 10.9. The molecule has 0 aliphatic carbocycles. The van der Waals surface area contributed by atoms with Crippen molar-refractivity contribution in [1.29, 1.82) is 0 Å². The van der Waals surface area contributed by atoms with E-state index in [2.05, 4.69) is 30.0 Å². The zero-order chi connectivity index (χ0) is 28.4. The molecule has 4 aromatic heterocycles. The Bertz CT molecular complexity index is 1770. The highest BCUT2D eigenvalue weighted by Crippen LogP contribution is 2.35. The Morgan fingerprint density at radius 1 is 1.15 bits per heavy atom. The van der Waals surface area contributed by atoms with Gasteiger partial charge in [0, 0.05) is 18.3 Å². The molecule has 3 N–H and O–H groups in total. The van der Waals surface area contributed by atoms with Crippen LogP contribution in [0, 0.1) is 15.9 Å². The third-order valence-corrected chi connectivity index (χ3v) is 6.63. The number of ether oxygens (including phenoxy) is 1. The SMILES string of the molecule is O=C(Nc1nc(-n2ccc(OCCOP(=O)(O)O)n2)nc2c1cnn2-c1ccc(F)cc1)c1ccc([N+](=O)[O-])s1. The third-order valence-electron chi connectivity index (χ3n) is 5.08. The highest BCUT2D eigenvalue weighted by Gasteiger charge is 2.21. The minimum atomic E-state index is -4.65. The number of nitrogens with one attached hydrogen (secondary N) is 1. The van der Waals surface area contributed by atoms with Crippen LogP contribution in [0.4, 0.5) is 15.2 Å². The van der Waals surface area contributed by atoms with Gasteiger partial charge < -0.3 is 19.8 Å². The number of nitro groups is 1. The maximum atomic E-state index is 13.5. The number of benzene rings is 1. The number of rotatable bonds is 10. The van der Waals surface area contributed by atoms with Crippen LogP contribution in [0.3, 0.4) is 0 Å². The summed E-state index contributed by atoms with van der Waals surface area (Å²) in [5.74, 6) is -1.08. The van der Waals surface area contributed by atoms with Crippen molar-refractivity contribution in [1.82, 2.24) is 29.5 Å². The number of hydrogen-bond acceptors (Lipinski definition) is 11. The zero-order valence-corrected chi connectivity index (χ0v) is 21.5. The summed E-state index contributed by atoms with van der Waals surface area (Å²) in [7, 11) is -4.65. The first kappa shape index (κ1) is 27.0. The molecule has 1 aromatic carbocycles. The molecule has 0 bridgehead atoms. The van der Waals surface area contributed by atoms with Gasteiger partial charge in [-0.05, 0) is 30.3 Å². The average Bonchev–Trinajstić information content (AvgIpc) is 3.66. The van der Waals surface area contributed by atoms with E-state index in [1.807, 2.05) is 0 Å². The quantitative estimate of drug-likeness (QED) is 0.0928. The van der Waals surface area contributed by atoms with E-state index in [1.165, 1.54) is 64.2 Å². The number of phosphoric acid groups is 1. The summed E-state index contributed by atoms with van der Waals surface area (Å²) >= 11 is 0.688. The van der Waals surface area contributed by atoms with E-state index in [4.69, 9.17) is 14.5 Å². The third kappa shape index (κ3) is 6.00. The smallest absolute Gasteiger partial charge is 0.469 e. The Kier molecular flexibility index (Phi) is 7.33. The standard InChI is InChI=1S/C21H16FN8O8PS/c22-12-1-3-13(4-2-12)29-19-14(11-23-29)18(24-20(31)15-5-6-17(40-15)30(32)33)25-21(26-19)28-8-7-16(27-28)37-9-10-38-39(34,35)36/h1-8,11H,9-10H2,(H2,34,35,36)(H,24,25,26,31). The second-order valence-corrected chi connectivity index (χ2v) is 10.1. The van der Waals surface area contributed by atoms with Crippen LogP contribution in [-0.4, -0.2) is 63.4 Å². The summed E-state index contributed by atoms with van der Waals surface area (Å²) in [6, 6.07) is 9.40. The van der Waals surface area contributed by atoms with E-state index in [1.54, 1.807) is 0 Å². The van der Waals surface area contributed by atoms with Gasteiger partial charge in [-0.25, -0.2) is 18.3 Å². The number of fused-ring (bicyclic) bond motifs is 1. The van der Waals surface area contributed by atoms with Crippen LogP contribution in [0.2, 0.25) is 0 Å². The van der Waals surface area contributed by atoms with Crippen molar-refractivity contribution >= 4 is 46.9 Å². The van der Waals surface area contributed by atoms with E-state index in [9.17, 15) is 23.9 Å². The van der Waals surface area contributed by atoms with Crippen LogP contribution >= 0.6 is 19.2 Å². The number of thiophene rings is 1. The summed E-state index contributed by atoms with van der Waals surface area (Å²) in [6.07, 6.45) is 2.83. The molecule has 19 heteroatoms. The van der Waals surface area contributed by atoms with Gasteiger partial charge in [-0.3, -0.25) is 19.4 Å². The summed E-state index contributed by atoms with van der Waals surface area (Å²) in [6.45, 7) is -0.610. The fourth-order valence-electron chi connectivity index (χ4n) is 3.38. The molecule has 0 fully saturated rings. The summed E-state index contributed by atoms with van der Waals surface area (Å²) in [5.41, 5.74) is 0.679. The zero-order valence-electron chi connectivity index (χ0n) is 19.8. The lowest BCUT2D eigenvalue weighted by Crippen LogP contribution is -2.14. The summed E-state index contributed by atoms with van der Waals surface area (Å²) in [5, 5.41) is 22.2. The Labute approximate surface area is 226 Å². The number of halogens is 1. The number of phosphoric ester groups is 1. The summed E-state index contributed by atoms with van der Waals surface area (Å²) in [4.78, 5) is 49.8. The first-order valence-corrected chi connectivity index (χ1v) is 13.4. The normalized spacial score (nSPS) is 11.6. The highest BCUT2D eigenvalue weighted by atomic mass is 32.1. The maximum Gasteiger partial charge on any atom is 0.469 e. The molecule has 0 unspecified atom stereocenters. The number of aromatic nitrogens is 6. The lowest BCUT2D eigenvalue weighted by atomic mass is 10.3. The van der Waals surface area contributed by atoms with Crippen molar-refractivity contribution in [3.63, 3.8) is 0 Å². The Hall–Kier alpha value is -4.61. The van der Waals surface area contributed by atoms with Gasteiger partial charge in [0.05, 0.1) is 33.7 Å². The molecule has 40 heavy (non-hydrogen) atoms. The maximum absolute atomic E-state index is 13.5. The molecule has 1 amide bonds. The topological polar surface area (TPSA) is 210 Å². The molecule has 5 rings (SSSR count). The van der Waals surface area contributed by atoms with Crippen molar-refractivity contribution in [2.24, 2.45) is 0 Å². The number of carbonyl (C=O) groups is 1. The molecular weight excluding hydrogens is 574 g/mol. The number of nitrogens with zero attached hydrogens (tertiary/aromatic N) is 7. The van der Waals surface area contributed by atoms with Gasteiger partial charge in [-0.15, -0.1) is 5.10 Å². The molecule has 0 aliphatic heterocycles. The van der Waals surface area contributed by atoms with Gasteiger partial charge in [0.15, 0.2) is 5.65 Å². The minimum Gasteiger partial charge on any atom is -0.474 e. The number of carbonyl (C=O) groups excluding carboxylic acids is 1. The fraction of sp³-hybridized carbons (Fsp3) is 0.0952. The van der Waals surface area contributed by atoms with Gasteiger partial charge in [0.1, 0.15) is 18.2 Å². The Balaban J connectivity index is 1.49.